The summed E-state index contributed by atoms with van der Waals surface area (Å²) in [6, 6.07) is 43.1. The van der Waals surface area contributed by atoms with Crippen LogP contribution in [0.3, 0.4) is 0 Å². The molecule has 0 radical (unpaired) electrons. The zero-order chi connectivity index (χ0) is 49.5. The van der Waals surface area contributed by atoms with Gasteiger partial charge in [0, 0.05) is 72.2 Å². The van der Waals surface area contributed by atoms with Gasteiger partial charge in [-0.3, -0.25) is 0 Å². The van der Waals surface area contributed by atoms with Crippen molar-refractivity contribution >= 4 is 33.2 Å². The molecule has 5 aromatic carbocycles. The SMILES string of the molecule is CCc1cc(C(C)C)c(-c2cccc(N3[CH-]N(c4[c-]c(Oc5[c-]c6c(cc5)c5ccccc5n6-c5cc(C(C)(C)C)ccn5)cc(C(C)(C)C)c4)C(C(C)(C)C)=C3C(C)(C)C)c2)c(C(C)(C)C)c1.[Pt]. The molecule has 2 aromatic heterocycles. The molecule has 0 aliphatic carbocycles. The maximum Gasteiger partial charge on any atom is 0.135 e. The van der Waals surface area contributed by atoms with Gasteiger partial charge in [-0.05, 0) is 97.7 Å². The number of pyridine rings is 1. The van der Waals surface area contributed by atoms with Gasteiger partial charge < -0.3 is 19.1 Å². The number of aromatic nitrogens is 2. The Balaban J connectivity index is 0.00000703. The van der Waals surface area contributed by atoms with Crippen LogP contribution in [0.15, 0.2) is 115 Å². The molecule has 69 heavy (non-hydrogen) atoms. The summed E-state index contributed by atoms with van der Waals surface area (Å²) >= 11 is 0. The van der Waals surface area contributed by atoms with Crippen LogP contribution in [0.5, 0.6) is 11.5 Å². The van der Waals surface area contributed by atoms with E-state index in [2.05, 4.69) is 249 Å². The van der Waals surface area contributed by atoms with E-state index in [1.165, 1.54) is 44.8 Å². The molecule has 0 fully saturated rings. The van der Waals surface area contributed by atoms with Crippen molar-refractivity contribution in [2.24, 2.45) is 10.8 Å². The molecular weight excluding hydrogens is 1020 g/mol. The summed E-state index contributed by atoms with van der Waals surface area (Å²) in [6.45, 7) is 43.8. The number of aryl methyl sites for hydroxylation is 1. The van der Waals surface area contributed by atoms with Gasteiger partial charge in [-0.1, -0.05) is 173 Å². The van der Waals surface area contributed by atoms with Gasteiger partial charge in [-0.25, -0.2) is 4.98 Å². The Hall–Kier alpha value is -5.12. The number of para-hydroxylation sites is 1. The molecule has 6 heteroatoms. The average Bonchev–Trinajstić information content (AvgIpc) is 3.83. The summed E-state index contributed by atoms with van der Waals surface area (Å²) in [4.78, 5) is 9.73. The Morgan fingerprint density at radius 1 is 0.609 bits per heavy atom. The third-order valence-electron chi connectivity index (χ3n) is 13.4. The number of nitrogens with zero attached hydrogens (tertiary/aromatic N) is 4. The van der Waals surface area contributed by atoms with E-state index in [-0.39, 0.29) is 48.1 Å². The molecule has 0 atom stereocenters. The maximum absolute atomic E-state index is 6.95. The summed E-state index contributed by atoms with van der Waals surface area (Å²) in [5, 5.41) is 2.25. The van der Waals surface area contributed by atoms with Gasteiger partial charge in [0.1, 0.15) is 5.82 Å². The number of rotatable bonds is 8. The predicted molar refractivity (Wildman–Crippen MR) is 289 cm³/mol. The van der Waals surface area contributed by atoms with Crippen molar-refractivity contribution in [3.05, 3.63) is 161 Å². The topological polar surface area (TPSA) is 33.5 Å². The monoisotopic (exact) mass is 1100 g/mol. The van der Waals surface area contributed by atoms with Crippen LogP contribution in [0.4, 0.5) is 11.4 Å². The van der Waals surface area contributed by atoms with Gasteiger partial charge in [-0.2, -0.15) is 6.07 Å². The molecule has 1 aliphatic heterocycles. The van der Waals surface area contributed by atoms with Gasteiger partial charge in [0.25, 0.3) is 0 Å². The number of ether oxygens (including phenoxy) is 1. The molecule has 0 saturated carbocycles. The van der Waals surface area contributed by atoms with Gasteiger partial charge in [-0.15, -0.1) is 53.6 Å². The Kier molecular flexibility index (Phi) is 13.9. The standard InChI is InChI=1S/C63H75N4O.Pt/c1-19-41-31-51(40(2)3)56(52(32-41)61(10,11)12)42-23-22-24-45(33-42)65-39-66(58(63(16,17)18)57(65)62(13,14)15)46-34-44(60(7,8)9)35-48(37-46)68-47-27-28-50-49-25-20-21-26-53(49)67(54(50)38-47)55-36-43(29-30-64-55)59(4,5)6;/h20-36,39-40H,19H2,1-18H3;/q-3;. The quantitative estimate of drug-likeness (QED) is 0.142. The average molecular weight is 1100 g/mol. The second-order valence-corrected chi connectivity index (χ2v) is 24.5. The van der Waals surface area contributed by atoms with E-state index in [0.717, 1.165) is 51.0 Å². The van der Waals surface area contributed by atoms with Gasteiger partial charge >= 0.3 is 0 Å². The normalized spacial score (nSPS) is 14.1. The van der Waals surface area contributed by atoms with Crippen LogP contribution in [-0.2, 0) is 43.7 Å². The molecule has 3 heterocycles. The maximum atomic E-state index is 6.95. The first-order valence-electron chi connectivity index (χ1n) is 24.8. The largest absolute Gasteiger partial charge is 0.509 e. The van der Waals surface area contributed by atoms with E-state index in [0.29, 0.717) is 17.4 Å². The predicted octanol–water partition coefficient (Wildman–Crippen LogP) is 17.6. The van der Waals surface area contributed by atoms with Crippen LogP contribution < -0.4 is 14.5 Å². The minimum absolute atomic E-state index is 0. The van der Waals surface area contributed by atoms with E-state index in [1.54, 1.807) is 0 Å². The van der Waals surface area contributed by atoms with E-state index < -0.39 is 0 Å². The number of anilines is 2. The molecule has 0 unspecified atom stereocenters. The van der Waals surface area contributed by atoms with Crippen molar-refractivity contribution < 1.29 is 25.8 Å². The van der Waals surface area contributed by atoms with Crippen LogP contribution in [0.2, 0.25) is 0 Å². The molecule has 8 rings (SSSR count). The van der Waals surface area contributed by atoms with Crippen LogP contribution in [0.25, 0.3) is 38.8 Å². The summed E-state index contributed by atoms with van der Waals surface area (Å²) in [5.74, 6) is 2.50. The first kappa shape index (κ1) is 51.7. The molecule has 0 N–H and O–H groups in total. The van der Waals surface area contributed by atoms with Crippen LogP contribution in [-0.4, -0.2) is 9.55 Å². The zero-order valence-corrected chi connectivity index (χ0v) is 47.0. The Morgan fingerprint density at radius 3 is 1.90 bits per heavy atom. The molecule has 5 nitrogen and oxygen atoms in total. The third-order valence-corrected chi connectivity index (χ3v) is 13.4. The second kappa shape index (κ2) is 18.6. The molecular formula is C63H75N4OPt-3. The molecule has 7 aromatic rings. The van der Waals surface area contributed by atoms with Crippen molar-refractivity contribution in [3.8, 4) is 28.4 Å². The third kappa shape index (κ3) is 10.2. The van der Waals surface area contributed by atoms with Gasteiger partial charge in [0.2, 0.25) is 0 Å². The molecule has 1 aliphatic rings. The van der Waals surface area contributed by atoms with Crippen LogP contribution in [0.1, 0.15) is 158 Å². The first-order valence-corrected chi connectivity index (χ1v) is 24.8. The van der Waals surface area contributed by atoms with Crippen molar-refractivity contribution in [2.45, 2.75) is 153 Å². The Morgan fingerprint density at radius 2 is 1.28 bits per heavy atom. The summed E-state index contributed by atoms with van der Waals surface area (Å²) in [7, 11) is 0. The summed E-state index contributed by atoms with van der Waals surface area (Å²) < 4.78 is 9.17. The smallest absolute Gasteiger partial charge is 0.135 e. The first-order chi connectivity index (χ1) is 31.6. The molecule has 0 saturated heterocycles. The van der Waals surface area contributed by atoms with Gasteiger partial charge in [0.05, 0.1) is 0 Å². The zero-order valence-electron chi connectivity index (χ0n) is 44.7. The number of fused-ring (bicyclic) bond motifs is 3. The molecule has 0 bridgehead atoms. The number of allylic oxidation sites excluding steroid dienone is 2. The van der Waals surface area contributed by atoms with E-state index in [4.69, 9.17) is 9.72 Å². The van der Waals surface area contributed by atoms with Crippen LogP contribution in [0, 0.1) is 29.6 Å². The number of hydrogen-bond acceptors (Lipinski definition) is 4. The molecule has 366 valence electrons. The second-order valence-electron chi connectivity index (χ2n) is 24.5. The van der Waals surface area contributed by atoms with Crippen LogP contribution >= 0.6 is 0 Å². The fraction of sp³-hybridized carbons (Fsp3) is 0.397. The summed E-state index contributed by atoms with van der Waals surface area (Å²) in [5.41, 5.74) is 15.1. The minimum atomic E-state index is -0.233. The van der Waals surface area contributed by atoms with Gasteiger partial charge in [0.15, 0.2) is 0 Å². The summed E-state index contributed by atoms with van der Waals surface area (Å²) in [6.07, 6.45) is 2.93. The van der Waals surface area contributed by atoms with Crippen molar-refractivity contribution in [1.82, 2.24) is 9.55 Å². The number of benzene rings is 5. The Bertz CT molecular complexity index is 3060. The van der Waals surface area contributed by atoms with Crippen molar-refractivity contribution in [3.63, 3.8) is 0 Å². The molecule has 0 amide bonds. The molecule has 0 spiro atoms. The Labute approximate surface area is 429 Å². The van der Waals surface area contributed by atoms with E-state index >= 15 is 0 Å². The fourth-order valence-electron chi connectivity index (χ4n) is 9.83. The number of hydrogen-bond donors (Lipinski definition) is 0. The minimum Gasteiger partial charge on any atom is -0.509 e. The van der Waals surface area contributed by atoms with Crippen molar-refractivity contribution in [1.29, 1.82) is 0 Å². The fourth-order valence-corrected chi connectivity index (χ4v) is 9.83. The van der Waals surface area contributed by atoms with E-state index in [9.17, 15) is 0 Å². The van der Waals surface area contributed by atoms with Crippen molar-refractivity contribution in [2.75, 3.05) is 9.80 Å². The van der Waals surface area contributed by atoms with E-state index in [1.807, 2.05) is 12.3 Å².